The predicted octanol–water partition coefficient (Wildman–Crippen LogP) is 4.47. The molecule has 0 spiro atoms. The van der Waals surface area contributed by atoms with E-state index in [1.165, 1.54) is 6.07 Å². The maximum Gasteiger partial charge on any atom is 0.417 e. The van der Waals surface area contributed by atoms with E-state index in [-0.39, 0.29) is 36.3 Å². The topological polar surface area (TPSA) is 26.3 Å². The van der Waals surface area contributed by atoms with Crippen LogP contribution in [0.1, 0.15) is 39.2 Å². The zero-order valence-electron chi connectivity index (χ0n) is 10.3. The Morgan fingerprint density at radius 2 is 2.05 bits per heavy atom. The molecule has 1 aromatic carbocycles. The molecular weight excluding hydrogens is 344 g/mol. The van der Waals surface area contributed by atoms with E-state index in [0.29, 0.717) is 0 Å². The summed E-state index contributed by atoms with van der Waals surface area (Å²) in [6.07, 6.45) is -4.48. The van der Waals surface area contributed by atoms with Gasteiger partial charge in [0.25, 0.3) is 0 Å². The van der Waals surface area contributed by atoms with Crippen LogP contribution in [0.5, 0.6) is 5.75 Å². The molecule has 0 heterocycles. The van der Waals surface area contributed by atoms with Gasteiger partial charge in [-0.25, -0.2) is 0 Å². The van der Waals surface area contributed by atoms with Gasteiger partial charge in [0.05, 0.1) is 23.7 Å². The lowest BCUT2D eigenvalue weighted by Gasteiger charge is -2.16. The summed E-state index contributed by atoms with van der Waals surface area (Å²) < 4.78 is 56.1. The van der Waals surface area contributed by atoms with Crippen molar-refractivity contribution < 1.29 is 27.1 Å². The lowest BCUT2D eigenvalue weighted by molar-refractivity contribution is -0.137. The summed E-state index contributed by atoms with van der Waals surface area (Å²) in [5.41, 5.74) is -1.07. The number of Topliss-reactive ketones (excluding diaryl/α,β-unsaturated/α-hetero) is 1. The summed E-state index contributed by atoms with van der Waals surface area (Å²) >= 11 is 3.20. The number of carbonyl (C=O) groups is 1. The number of rotatable bonds is 4. The largest absolute Gasteiger partial charge is 0.493 e. The van der Waals surface area contributed by atoms with Gasteiger partial charge in [-0.05, 0) is 12.1 Å². The minimum atomic E-state index is -4.59. The highest BCUT2D eigenvalue weighted by Gasteiger charge is 2.42. The SMILES string of the molecule is O=C1CC(Br)c2c(OCCCF)ccc(C(F)(F)F)c21. The van der Waals surface area contributed by atoms with Crippen molar-refractivity contribution in [3.05, 3.63) is 28.8 Å². The van der Waals surface area contributed by atoms with Gasteiger partial charge < -0.3 is 4.74 Å². The molecule has 0 aromatic heterocycles. The van der Waals surface area contributed by atoms with Gasteiger partial charge in [-0.15, -0.1) is 0 Å². The summed E-state index contributed by atoms with van der Waals surface area (Å²) in [5, 5.41) is 0. The van der Waals surface area contributed by atoms with Crippen molar-refractivity contribution >= 4 is 21.7 Å². The molecule has 20 heavy (non-hydrogen) atoms. The Morgan fingerprint density at radius 1 is 1.35 bits per heavy atom. The predicted molar refractivity (Wildman–Crippen MR) is 68.1 cm³/mol. The van der Waals surface area contributed by atoms with Gasteiger partial charge in [-0.1, -0.05) is 15.9 Å². The first-order chi connectivity index (χ1) is 9.36. The molecule has 0 saturated heterocycles. The van der Waals surface area contributed by atoms with Gasteiger partial charge in [0.2, 0.25) is 0 Å². The number of ether oxygens (including phenoxy) is 1. The maximum atomic E-state index is 12.9. The van der Waals surface area contributed by atoms with Crippen LogP contribution in [0, 0.1) is 0 Å². The average molecular weight is 355 g/mol. The fourth-order valence-electron chi connectivity index (χ4n) is 2.18. The van der Waals surface area contributed by atoms with Crippen molar-refractivity contribution in [1.29, 1.82) is 0 Å². The van der Waals surface area contributed by atoms with Gasteiger partial charge in [0.1, 0.15) is 5.75 Å². The molecule has 110 valence electrons. The Labute approximate surface area is 121 Å². The molecule has 0 fully saturated rings. The van der Waals surface area contributed by atoms with Crippen LogP contribution in [0.15, 0.2) is 12.1 Å². The highest BCUT2D eigenvalue weighted by molar-refractivity contribution is 9.09. The fraction of sp³-hybridized carbons (Fsp3) is 0.462. The molecule has 1 aliphatic rings. The zero-order chi connectivity index (χ0) is 14.9. The van der Waals surface area contributed by atoms with Gasteiger partial charge >= 0.3 is 6.18 Å². The van der Waals surface area contributed by atoms with E-state index in [0.717, 1.165) is 6.07 Å². The van der Waals surface area contributed by atoms with E-state index >= 15 is 0 Å². The quantitative estimate of drug-likeness (QED) is 0.453. The van der Waals surface area contributed by atoms with E-state index < -0.39 is 29.0 Å². The fourth-order valence-corrected chi connectivity index (χ4v) is 2.93. The highest BCUT2D eigenvalue weighted by atomic mass is 79.9. The maximum absolute atomic E-state index is 12.9. The number of benzene rings is 1. The Bertz CT molecular complexity index is 528. The van der Waals surface area contributed by atoms with Crippen LogP contribution >= 0.6 is 15.9 Å². The molecule has 1 aliphatic carbocycles. The van der Waals surface area contributed by atoms with Gasteiger partial charge in [0, 0.05) is 24.0 Å². The summed E-state index contributed by atoms with van der Waals surface area (Å²) in [5.74, 6) is -0.362. The summed E-state index contributed by atoms with van der Waals surface area (Å²) in [6, 6.07) is 2.03. The number of fused-ring (bicyclic) bond motifs is 1. The summed E-state index contributed by atoms with van der Waals surface area (Å²) in [6.45, 7) is -0.512. The van der Waals surface area contributed by atoms with Crippen molar-refractivity contribution in [2.45, 2.75) is 23.8 Å². The molecule has 2 nitrogen and oxygen atoms in total. The number of alkyl halides is 5. The van der Waals surface area contributed by atoms with Crippen molar-refractivity contribution in [2.75, 3.05) is 13.3 Å². The Hall–Kier alpha value is -1.11. The molecule has 0 aliphatic heterocycles. The van der Waals surface area contributed by atoms with Gasteiger partial charge in [-0.2, -0.15) is 13.2 Å². The monoisotopic (exact) mass is 354 g/mol. The molecule has 0 N–H and O–H groups in total. The molecule has 0 radical (unpaired) electrons. The van der Waals surface area contributed by atoms with Crippen LogP contribution in [0.2, 0.25) is 0 Å². The molecular formula is C13H11BrF4O2. The molecule has 1 atom stereocenters. The second-order valence-electron chi connectivity index (χ2n) is 4.38. The van der Waals surface area contributed by atoms with Gasteiger partial charge in [-0.3, -0.25) is 9.18 Å². The first kappa shape index (κ1) is 15.3. The number of carbonyl (C=O) groups excluding carboxylic acids is 1. The van der Waals surface area contributed by atoms with Crippen LogP contribution in [-0.4, -0.2) is 19.1 Å². The number of hydrogen-bond acceptors (Lipinski definition) is 2. The number of ketones is 1. The first-order valence-electron chi connectivity index (χ1n) is 5.96. The highest BCUT2D eigenvalue weighted by Crippen LogP contribution is 2.47. The van der Waals surface area contributed by atoms with Crippen molar-refractivity contribution in [3.8, 4) is 5.75 Å². The minimum absolute atomic E-state index is 0.0398. The van der Waals surface area contributed by atoms with E-state index in [1.54, 1.807) is 0 Å². The smallest absolute Gasteiger partial charge is 0.417 e. The normalized spacial score (nSPS) is 18.2. The van der Waals surface area contributed by atoms with E-state index in [2.05, 4.69) is 15.9 Å². The van der Waals surface area contributed by atoms with Crippen LogP contribution < -0.4 is 4.74 Å². The molecule has 2 rings (SSSR count). The van der Waals surface area contributed by atoms with Crippen molar-refractivity contribution in [2.24, 2.45) is 0 Å². The Kier molecular flexibility index (Phi) is 4.36. The average Bonchev–Trinajstić information content (AvgIpc) is 2.65. The zero-order valence-corrected chi connectivity index (χ0v) is 11.9. The molecule has 0 saturated carbocycles. The van der Waals surface area contributed by atoms with E-state index in [4.69, 9.17) is 4.74 Å². The number of halogens is 5. The van der Waals surface area contributed by atoms with Crippen LogP contribution in [0.4, 0.5) is 17.6 Å². The van der Waals surface area contributed by atoms with Crippen molar-refractivity contribution in [3.63, 3.8) is 0 Å². The van der Waals surface area contributed by atoms with E-state index in [1.807, 2.05) is 0 Å². The Balaban J connectivity index is 2.46. The molecule has 1 unspecified atom stereocenters. The summed E-state index contributed by atoms with van der Waals surface area (Å²) in [7, 11) is 0. The molecule has 0 bridgehead atoms. The lowest BCUT2D eigenvalue weighted by atomic mass is 10.0. The Morgan fingerprint density at radius 3 is 2.65 bits per heavy atom. The lowest BCUT2D eigenvalue weighted by Crippen LogP contribution is -2.12. The molecule has 7 heteroatoms. The second kappa shape index (κ2) is 5.71. The third-order valence-electron chi connectivity index (χ3n) is 3.00. The van der Waals surface area contributed by atoms with E-state index in [9.17, 15) is 22.4 Å². The number of hydrogen-bond donors (Lipinski definition) is 0. The minimum Gasteiger partial charge on any atom is -0.493 e. The third-order valence-corrected chi connectivity index (χ3v) is 3.78. The summed E-state index contributed by atoms with van der Waals surface area (Å²) in [4.78, 5) is 11.3. The van der Waals surface area contributed by atoms with Crippen LogP contribution in [0.25, 0.3) is 0 Å². The van der Waals surface area contributed by atoms with Crippen LogP contribution in [0.3, 0.4) is 0 Å². The van der Waals surface area contributed by atoms with Gasteiger partial charge in [0.15, 0.2) is 5.78 Å². The first-order valence-corrected chi connectivity index (χ1v) is 6.88. The van der Waals surface area contributed by atoms with Crippen LogP contribution in [-0.2, 0) is 6.18 Å². The standard InChI is InChI=1S/C13H11BrF4O2/c14-8-6-9(19)11-7(13(16,17)18)2-3-10(12(8)11)20-5-1-4-15/h2-3,8H,1,4-6H2. The van der Waals surface area contributed by atoms with Crippen molar-refractivity contribution in [1.82, 2.24) is 0 Å². The third kappa shape index (κ3) is 2.82. The molecule has 1 aromatic rings. The second-order valence-corrected chi connectivity index (χ2v) is 5.49. The molecule has 0 amide bonds.